The average Bonchev–Trinajstić information content (AvgIpc) is 2.99. The van der Waals surface area contributed by atoms with E-state index in [2.05, 4.69) is 0 Å². The highest BCUT2D eigenvalue weighted by atomic mass is 35.5. The summed E-state index contributed by atoms with van der Waals surface area (Å²) in [6.07, 6.45) is 2.96. The largest absolute Gasteiger partial charge is 0.495 e. The second kappa shape index (κ2) is 6.97. The van der Waals surface area contributed by atoms with Crippen molar-refractivity contribution in [3.8, 4) is 5.75 Å². The van der Waals surface area contributed by atoms with E-state index in [4.69, 9.17) is 16.3 Å². The smallest absolute Gasteiger partial charge is 0.246 e. The number of ether oxygens (including phenoxy) is 1. The number of methoxy groups -OCH3 is 1. The number of benzene rings is 1. The Balaban J connectivity index is 2.46. The molecule has 2 rings (SSSR count). The Labute approximate surface area is 142 Å². The third-order valence-corrected chi connectivity index (χ3v) is 5.33. The van der Waals surface area contributed by atoms with Crippen molar-refractivity contribution in [3.63, 3.8) is 0 Å². The summed E-state index contributed by atoms with van der Waals surface area (Å²) < 4.78 is 31.0. The monoisotopic (exact) mass is 360 g/mol. The number of carbonyl (C=O) groups excluding carboxylic acids is 1. The Hall–Kier alpha value is -1.47. The number of nitrogens with zero attached hydrogens (tertiary/aromatic N) is 2. The zero-order valence-electron chi connectivity index (χ0n) is 13.5. The molecule has 128 valence electrons. The van der Waals surface area contributed by atoms with Crippen LogP contribution in [0.4, 0.5) is 5.69 Å². The van der Waals surface area contributed by atoms with Crippen LogP contribution in [0.3, 0.4) is 0 Å². The second-order valence-electron chi connectivity index (χ2n) is 5.58. The highest BCUT2D eigenvalue weighted by molar-refractivity contribution is 7.92. The van der Waals surface area contributed by atoms with Crippen molar-refractivity contribution >= 4 is 33.2 Å². The van der Waals surface area contributed by atoms with E-state index in [9.17, 15) is 13.2 Å². The minimum Gasteiger partial charge on any atom is -0.495 e. The van der Waals surface area contributed by atoms with E-state index in [-0.39, 0.29) is 11.6 Å². The van der Waals surface area contributed by atoms with Crippen LogP contribution in [-0.4, -0.2) is 51.7 Å². The molecule has 0 unspecified atom stereocenters. The summed E-state index contributed by atoms with van der Waals surface area (Å²) in [5, 5.41) is 0.371. The predicted octanol–water partition coefficient (Wildman–Crippen LogP) is 2.13. The second-order valence-corrected chi connectivity index (χ2v) is 7.88. The van der Waals surface area contributed by atoms with Gasteiger partial charge in [-0.1, -0.05) is 11.6 Å². The fourth-order valence-electron chi connectivity index (χ4n) is 2.81. The quantitative estimate of drug-likeness (QED) is 0.806. The Morgan fingerprint density at radius 3 is 2.48 bits per heavy atom. The first-order valence-electron chi connectivity index (χ1n) is 7.37. The lowest BCUT2D eigenvalue weighted by Crippen LogP contribution is -2.48. The van der Waals surface area contributed by atoms with E-state index in [0.717, 1.165) is 23.4 Å². The van der Waals surface area contributed by atoms with E-state index >= 15 is 0 Å². The summed E-state index contributed by atoms with van der Waals surface area (Å²) in [6.45, 7) is 2.91. The van der Waals surface area contributed by atoms with Gasteiger partial charge in [0.05, 0.1) is 19.1 Å². The molecule has 1 saturated heterocycles. The molecule has 1 aliphatic heterocycles. The molecule has 0 N–H and O–H groups in total. The summed E-state index contributed by atoms with van der Waals surface area (Å²) in [7, 11) is -2.25. The van der Waals surface area contributed by atoms with Gasteiger partial charge in [-0.2, -0.15) is 0 Å². The molecule has 0 radical (unpaired) electrons. The molecule has 1 atom stereocenters. The van der Waals surface area contributed by atoms with Crippen molar-refractivity contribution in [2.24, 2.45) is 0 Å². The predicted molar refractivity (Wildman–Crippen MR) is 90.6 cm³/mol. The first kappa shape index (κ1) is 17.9. The number of likely N-dealkylation sites (tertiary alicyclic amines) is 1. The van der Waals surface area contributed by atoms with Gasteiger partial charge >= 0.3 is 0 Å². The van der Waals surface area contributed by atoms with Crippen LogP contribution in [0.25, 0.3) is 0 Å². The lowest BCUT2D eigenvalue weighted by molar-refractivity contribution is -0.130. The molecule has 23 heavy (non-hydrogen) atoms. The van der Waals surface area contributed by atoms with Gasteiger partial charge in [0.25, 0.3) is 0 Å². The van der Waals surface area contributed by atoms with Crippen molar-refractivity contribution in [2.45, 2.75) is 25.8 Å². The van der Waals surface area contributed by atoms with Crippen molar-refractivity contribution in [2.75, 3.05) is 30.8 Å². The molecule has 6 nitrogen and oxygen atoms in total. The highest BCUT2D eigenvalue weighted by Gasteiger charge is 2.34. The summed E-state index contributed by atoms with van der Waals surface area (Å²) in [6, 6.07) is 3.82. The minimum absolute atomic E-state index is 0.213. The molecule has 1 aromatic rings. The third-order valence-electron chi connectivity index (χ3n) is 3.86. The molecule has 1 fully saturated rings. The Bertz CT molecular complexity index is 687. The first-order chi connectivity index (χ1) is 10.8. The van der Waals surface area contributed by atoms with Crippen LogP contribution in [0, 0.1) is 0 Å². The van der Waals surface area contributed by atoms with Gasteiger partial charge in [-0.25, -0.2) is 8.42 Å². The van der Waals surface area contributed by atoms with Crippen molar-refractivity contribution < 1.29 is 17.9 Å². The van der Waals surface area contributed by atoms with Crippen LogP contribution in [0.15, 0.2) is 18.2 Å². The lowest BCUT2D eigenvalue weighted by Gasteiger charge is -2.31. The highest BCUT2D eigenvalue weighted by Crippen LogP contribution is 2.34. The standard InChI is InChI=1S/C15H21ClN2O4S/c1-11(15(19)17-8-4-5-9-17)18(23(3,20)21)13-10-12(16)6-7-14(13)22-2/h6-7,10-11H,4-5,8-9H2,1-3H3/t11-/m1/s1. The van der Waals surface area contributed by atoms with Gasteiger partial charge in [0, 0.05) is 18.1 Å². The number of anilines is 1. The fraction of sp³-hybridized carbons (Fsp3) is 0.533. The number of sulfonamides is 1. The molecule has 0 aromatic heterocycles. The van der Waals surface area contributed by atoms with E-state index in [1.54, 1.807) is 24.0 Å². The Kier molecular flexibility index (Phi) is 5.41. The molecule has 1 aromatic carbocycles. The molecule has 1 aliphatic rings. The van der Waals surface area contributed by atoms with Crippen LogP contribution < -0.4 is 9.04 Å². The van der Waals surface area contributed by atoms with Crippen LogP contribution in [0.2, 0.25) is 5.02 Å². The minimum atomic E-state index is -3.69. The van der Waals surface area contributed by atoms with Crippen LogP contribution >= 0.6 is 11.6 Å². The topological polar surface area (TPSA) is 66.9 Å². The number of hydrogen-bond acceptors (Lipinski definition) is 4. The van der Waals surface area contributed by atoms with Crippen molar-refractivity contribution in [1.29, 1.82) is 0 Å². The van der Waals surface area contributed by atoms with Crippen molar-refractivity contribution in [1.82, 2.24) is 4.90 Å². The SMILES string of the molecule is COc1ccc(Cl)cc1N([C@H](C)C(=O)N1CCCC1)S(C)(=O)=O. The zero-order chi connectivity index (χ0) is 17.2. The number of halogens is 1. The fourth-order valence-corrected chi connectivity index (χ4v) is 4.14. The molecule has 0 aliphatic carbocycles. The van der Waals surface area contributed by atoms with E-state index < -0.39 is 16.1 Å². The van der Waals surface area contributed by atoms with E-state index in [1.807, 2.05) is 0 Å². The van der Waals surface area contributed by atoms with Crippen LogP contribution in [0.1, 0.15) is 19.8 Å². The first-order valence-corrected chi connectivity index (χ1v) is 9.60. The molecule has 0 spiro atoms. The van der Waals surface area contributed by atoms with E-state index in [0.29, 0.717) is 23.9 Å². The Morgan fingerprint density at radius 2 is 1.96 bits per heavy atom. The molecular weight excluding hydrogens is 340 g/mol. The number of carbonyl (C=O) groups is 1. The van der Waals surface area contributed by atoms with Crippen molar-refractivity contribution in [3.05, 3.63) is 23.2 Å². The van der Waals surface area contributed by atoms with Gasteiger partial charge in [-0.05, 0) is 38.0 Å². The molecular formula is C15H21ClN2O4S. The molecule has 8 heteroatoms. The van der Waals surface area contributed by atoms with Gasteiger partial charge in [0.2, 0.25) is 15.9 Å². The zero-order valence-corrected chi connectivity index (χ0v) is 15.0. The maximum atomic E-state index is 12.6. The molecule has 0 saturated carbocycles. The van der Waals surface area contributed by atoms with Gasteiger partial charge in [0.15, 0.2) is 0 Å². The van der Waals surface area contributed by atoms with Gasteiger partial charge in [-0.3, -0.25) is 9.10 Å². The summed E-state index contributed by atoms with van der Waals surface area (Å²) >= 11 is 6.01. The number of rotatable bonds is 5. The van der Waals surface area contributed by atoms with E-state index in [1.165, 1.54) is 13.2 Å². The van der Waals surface area contributed by atoms with Gasteiger partial charge < -0.3 is 9.64 Å². The third kappa shape index (κ3) is 3.90. The maximum Gasteiger partial charge on any atom is 0.246 e. The van der Waals surface area contributed by atoms with Gasteiger partial charge in [0.1, 0.15) is 11.8 Å². The molecule has 0 bridgehead atoms. The van der Waals surface area contributed by atoms with Gasteiger partial charge in [-0.15, -0.1) is 0 Å². The maximum absolute atomic E-state index is 12.6. The molecule has 1 amide bonds. The Morgan fingerprint density at radius 1 is 1.35 bits per heavy atom. The summed E-state index contributed by atoms with van der Waals surface area (Å²) in [4.78, 5) is 14.3. The number of amides is 1. The number of hydrogen-bond donors (Lipinski definition) is 0. The lowest BCUT2D eigenvalue weighted by atomic mass is 10.2. The summed E-state index contributed by atoms with van der Waals surface area (Å²) in [5.74, 6) is 0.135. The summed E-state index contributed by atoms with van der Waals surface area (Å²) in [5.41, 5.74) is 0.266. The van der Waals surface area contributed by atoms with Crippen LogP contribution in [0.5, 0.6) is 5.75 Å². The molecule has 1 heterocycles. The average molecular weight is 361 g/mol. The van der Waals surface area contributed by atoms with Crippen LogP contribution in [-0.2, 0) is 14.8 Å². The normalized spacial score (nSPS) is 16.3.